The second-order valence-corrected chi connectivity index (χ2v) is 10.7. The summed E-state index contributed by atoms with van der Waals surface area (Å²) in [4.78, 5) is 0. The van der Waals surface area contributed by atoms with E-state index in [1.165, 1.54) is 83.5 Å². The van der Waals surface area contributed by atoms with Crippen LogP contribution in [0.15, 0.2) is 24.3 Å². The van der Waals surface area contributed by atoms with E-state index < -0.39 is 0 Å². The predicted molar refractivity (Wildman–Crippen MR) is 118 cm³/mol. The molecule has 28 heavy (non-hydrogen) atoms. The molecule has 0 heterocycles. The third-order valence-corrected chi connectivity index (χ3v) is 8.52. The van der Waals surface area contributed by atoms with Crippen molar-refractivity contribution in [2.45, 2.75) is 96.8 Å². The molecule has 0 spiro atoms. The number of hydrogen-bond donors (Lipinski definition) is 1. The minimum Gasteiger partial charge on any atom is -0.396 e. The van der Waals surface area contributed by atoms with Gasteiger partial charge in [0.05, 0.1) is 0 Å². The van der Waals surface area contributed by atoms with Gasteiger partial charge in [0.2, 0.25) is 0 Å². The molecule has 1 heteroatoms. The molecule has 0 aliphatic heterocycles. The van der Waals surface area contributed by atoms with Crippen LogP contribution in [0.2, 0.25) is 0 Å². The van der Waals surface area contributed by atoms with Crippen molar-refractivity contribution in [3.63, 3.8) is 0 Å². The molecule has 3 saturated carbocycles. The Bertz CT molecular complexity index is 618. The Morgan fingerprint density at radius 3 is 2.50 bits per heavy atom. The Balaban J connectivity index is 1.40. The fourth-order valence-electron chi connectivity index (χ4n) is 6.73. The van der Waals surface area contributed by atoms with Crippen molar-refractivity contribution in [1.29, 1.82) is 0 Å². The van der Waals surface area contributed by atoms with Crippen molar-refractivity contribution >= 4 is 0 Å². The first-order valence-electron chi connectivity index (χ1n) is 12.4. The van der Waals surface area contributed by atoms with E-state index in [0.29, 0.717) is 12.0 Å². The van der Waals surface area contributed by atoms with E-state index in [1.807, 2.05) is 0 Å². The monoisotopic (exact) mass is 382 g/mol. The number of aliphatic hydroxyl groups excluding tert-OH is 1. The molecule has 0 amide bonds. The van der Waals surface area contributed by atoms with Gasteiger partial charge < -0.3 is 5.11 Å². The topological polar surface area (TPSA) is 20.2 Å². The maximum atomic E-state index is 9.10. The van der Waals surface area contributed by atoms with Crippen LogP contribution in [0, 0.1) is 29.1 Å². The fourth-order valence-corrected chi connectivity index (χ4v) is 6.73. The highest BCUT2D eigenvalue weighted by atomic mass is 16.2. The van der Waals surface area contributed by atoms with Crippen LogP contribution in [0.25, 0.3) is 0 Å². The lowest BCUT2D eigenvalue weighted by Gasteiger charge is -2.52. The fraction of sp³-hybridized carbons (Fsp3) is 0.778. The molecular formula is C27H42O. The van der Waals surface area contributed by atoms with Crippen LogP contribution in [-0.4, -0.2) is 11.7 Å². The molecule has 4 atom stereocenters. The lowest BCUT2D eigenvalue weighted by molar-refractivity contribution is -0.0206. The molecule has 3 aliphatic rings. The second-order valence-electron chi connectivity index (χ2n) is 10.7. The molecule has 0 aromatic heterocycles. The predicted octanol–water partition coefficient (Wildman–Crippen LogP) is 6.96. The Morgan fingerprint density at radius 1 is 0.929 bits per heavy atom. The summed E-state index contributed by atoms with van der Waals surface area (Å²) in [5.41, 5.74) is 3.76. The quantitative estimate of drug-likeness (QED) is 0.458. The number of fused-ring (bicyclic) bond motifs is 1. The number of hydrogen-bond acceptors (Lipinski definition) is 1. The first-order valence-corrected chi connectivity index (χ1v) is 12.4. The van der Waals surface area contributed by atoms with Crippen LogP contribution < -0.4 is 0 Å². The van der Waals surface area contributed by atoms with Crippen molar-refractivity contribution in [2.75, 3.05) is 6.61 Å². The van der Waals surface area contributed by atoms with Gasteiger partial charge in [-0.1, -0.05) is 56.9 Å². The highest BCUT2D eigenvalue weighted by molar-refractivity contribution is 5.25. The Kier molecular flexibility index (Phi) is 6.81. The lowest BCUT2D eigenvalue weighted by atomic mass is 9.53. The second kappa shape index (κ2) is 9.33. The number of unbranched alkanes of at least 4 members (excludes halogenated alkanes) is 2. The lowest BCUT2D eigenvalue weighted by Crippen LogP contribution is -2.44. The third kappa shape index (κ3) is 5.02. The molecule has 4 rings (SSSR count). The summed E-state index contributed by atoms with van der Waals surface area (Å²) >= 11 is 0. The molecule has 1 nitrogen and oxygen atoms in total. The Hall–Kier alpha value is -0.820. The molecule has 3 fully saturated rings. The summed E-state index contributed by atoms with van der Waals surface area (Å²) in [5, 5.41) is 9.10. The van der Waals surface area contributed by atoms with Crippen molar-refractivity contribution in [1.82, 2.24) is 0 Å². The third-order valence-electron chi connectivity index (χ3n) is 8.52. The van der Waals surface area contributed by atoms with Crippen molar-refractivity contribution in [3.8, 4) is 0 Å². The first kappa shape index (κ1) is 20.5. The van der Waals surface area contributed by atoms with Gasteiger partial charge in [0.25, 0.3) is 0 Å². The van der Waals surface area contributed by atoms with Gasteiger partial charge in [-0.2, -0.15) is 0 Å². The molecule has 0 bridgehead atoms. The molecule has 1 N–H and O–H groups in total. The zero-order valence-electron chi connectivity index (χ0n) is 18.2. The van der Waals surface area contributed by atoms with Crippen molar-refractivity contribution in [3.05, 3.63) is 35.4 Å². The normalized spacial score (nSPS) is 32.9. The zero-order chi connectivity index (χ0) is 19.4. The molecule has 3 aliphatic carbocycles. The SMILES string of the molecule is CC1(CCCCCO)CCC(Cc2cccc(CC3CC3)c2)C2CCCCC21. The van der Waals surface area contributed by atoms with Gasteiger partial charge in [0.15, 0.2) is 0 Å². The smallest absolute Gasteiger partial charge is 0.0431 e. The van der Waals surface area contributed by atoms with Gasteiger partial charge in [-0.3, -0.25) is 0 Å². The Morgan fingerprint density at radius 2 is 1.71 bits per heavy atom. The minimum atomic E-state index is 0.366. The highest BCUT2D eigenvalue weighted by Crippen LogP contribution is 2.55. The summed E-state index contributed by atoms with van der Waals surface area (Å²) in [5.74, 6) is 3.80. The summed E-state index contributed by atoms with van der Waals surface area (Å²) in [6.07, 6.45) is 19.2. The number of rotatable bonds is 9. The van der Waals surface area contributed by atoms with E-state index in [9.17, 15) is 0 Å². The Labute approximate surface area is 173 Å². The van der Waals surface area contributed by atoms with E-state index >= 15 is 0 Å². The summed E-state index contributed by atoms with van der Waals surface area (Å²) in [6.45, 7) is 2.98. The molecule has 0 radical (unpaired) electrons. The summed E-state index contributed by atoms with van der Waals surface area (Å²) in [6, 6.07) is 9.62. The minimum absolute atomic E-state index is 0.366. The van der Waals surface area contributed by atoms with E-state index in [0.717, 1.165) is 30.1 Å². The molecule has 4 unspecified atom stereocenters. The molecular weight excluding hydrogens is 340 g/mol. The molecule has 1 aromatic rings. The van der Waals surface area contributed by atoms with Crippen molar-refractivity contribution in [2.24, 2.45) is 29.1 Å². The number of benzene rings is 1. The van der Waals surface area contributed by atoms with Crippen molar-refractivity contribution < 1.29 is 5.11 Å². The van der Waals surface area contributed by atoms with Crippen LogP contribution in [0.5, 0.6) is 0 Å². The van der Waals surface area contributed by atoms with Gasteiger partial charge in [-0.05, 0) is 104 Å². The van der Waals surface area contributed by atoms with E-state index in [2.05, 4.69) is 31.2 Å². The van der Waals surface area contributed by atoms with Gasteiger partial charge in [0.1, 0.15) is 0 Å². The zero-order valence-corrected chi connectivity index (χ0v) is 18.2. The van der Waals surface area contributed by atoms with Crippen LogP contribution in [-0.2, 0) is 12.8 Å². The summed E-state index contributed by atoms with van der Waals surface area (Å²) in [7, 11) is 0. The van der Waals surface area contributed by atoms with E-state index in [1.54, 1.807) is 11.1 Å². The number of aliphatic hydroxyl groups is 1. The average molecular weight is 383 g/mol. The average Bonchev–Trinajstić information content (AvgIpc) is 3.52. The maximum Gasteiger partial charge on any atom is 0.0431 e. The highest BCUT2D eigenvalue weighted by Gasteiger charge is 2.46. The van der Waals surface area contributed by atoms with Gasteiger partial charge in [-0.25, -0.2) is 0 Å². The van der Waals surface area contributed by atoms with Crippen LogP contribution >= 0.6 is 0 Å². The van der Waals surface area contributed by atoms with Crippen LogP contribution in [0.1, 0.15) is 95.1 Å². The molecule has 156 valence electrons. The maximum absolute atomic E-state index is 9.10. The van der Waals surface area contributed by atoms with E-state index in [-0.39, 0.29) is 0 Å². The van der Waals surface area contributed by atoms with Crippen LogP contribution in [0.4, 0.5) is 0 Å². The molecule has 1 aromatic carbocycles. The van der Waals surface area contributed by atoms with Gasteiger partial charge in [-0.15, -0.1) is 0 Å². The largest absolute Gasteiger partial charge is 0.396 e. The van der Waals surface area contributed by atoms with Gasteiger partial charge >= 0.3 is 0 Å². The summed E-state index contributed by atoms with van der Waals surface area (Å²) < 4.78 is 0. The first-order chi connectivity index (χ1) is 13.7. The van der Waals surface area contributed by atoms with E-state index in [4.69, 9.17) is 5.11 Å². The molecule has 0 saturated heterocycles. The van der Waals surface area contributed by atoms with Crippen LogP contribution in [0.3, 0.4) is 0 Å². The standard InChI is InChI=1S/C27H42O/c1-27(15-5-2-6-17-28)16-14-24(25-10-3-4-11-26(25)27)20-23-9-7-8-22(19-23)18-21-12-13-21/h7-9,19,21,24-26,28H,2-6,10-18,20H2,1H3. The van der Waals surface area contributed by atoms with Gasteiger partial charge in [0, 0.05) is 6.61 Å².